The number of nitrogens with zero attached hydrogens (tertiary/aromatic N) is 1. The molecule has 1 saturated carbocycles. The lowest BCUT2D eigenvalue weighted by Gasteiger charge is -2.29. The van der Waals surface area contributed by atoms with Crippen LogP contribution in [0.5, 0.6) is 0 Å². The molecule has 0 bridgehead atoms. The van der Waals surface area contributed by atoms with Crippen molar-refractivity contribution < 1.29 is 14.3 Å². The molecule has 0 aromatic heterocycles. The lowest BCUT2D eigenvalue weighted by atomic mass is 10.1. The first-order valence-electron chi connectivity index (χ1n) is 6.54. The van der Waals surface area contributed by atoms with E-state index in [0.717, 1.165) is 25.7 Å². The van der Waals surface area contributed by atoms with Crippen molar-refractivity contribution in [3.05, 3.63) is 0 Å². The van der Waals surface area contributed by atoms with Crippen LogP contribution in [0.15, 0.2) is 0 Å². The molecule has 1 amide bonds. The van der Waals surface area contributed by atoms with Crippen LogP contribution < -0.4 is 0 Å². The molecule has 17 heavy (non-hydrogen) atoms. The van der Waals surface area contributed by atoms with Gasteiger partial charge in [0, 0.05) is 12.6 Å². The number of rotatable bonds is 4. The van der Waals surface area contributed by atoms with E-state index in [1.54, 1.807) is 11.8 Å². The van der Waals surface area contributed by atoms with E-state index in [0.29, 0.717) is 12.5 Å². The van der Waals surface area contributed by atoms with Crippen LogP contribution in [0.4, 0.5) is 0 Å². The molecule has 0 heterocycles. The second-order valence-corrected chi connectivity index (χ2v) is 5.01. The van der Waals surface area contributed by atoms with Crippen molar-refractivity contribution in [3.63, 3.8) is 0 Å². The molecule has 1 fully saturated rings. The zero-order valence-electron chi connectivity index (χ0n) is 11.1. The third-order valence-electron chi connectivity index (χ3n) is 3.04. The molecule has 1 aliphatic carbocycles. The van der Waals surface area contributed by atoms with Gasteiger partial charge in [-0.05, 0) is 25.7 Å². The topological polar surface area (TPSA) is 46.6 Å². The zero-order chi connectivity index (χ0) is 12.8. The number of carbonyl (C=O) groups is 2. The van der Waals surface area contributed by atoms with Crippen LogP contribution >= 0.6 is 0 Å². The smallest absolute Gasteiger partial charge is 0.397 e. The Morgan fingerprint density at radius 1 is 1.29 bits per heavy atom. The Kier molecular flexibility index (Phi) is 5.45. The van der Waals surface area contributed by atoms with E-state index in [1.807, 2.05) is 0 Å². The summed E-state index contributed by atoms with van der Waals surface area (Å²) in [4.78, 5) is 25.2. The first kappa shape index (κ1) is 14.0. The maximum Gasteiger partial charge on any atom is 0.397 e. The van der Waals surface area contributed by atoms with Crippen molar-refractivity contribution in [2.24, 2.45) is 5.92 Å². The van der Waals surface area contributed by atoms with E-state index in [9.17, 15) is 9.59 Å². The third kappa shape index (κ3) is 4.02. The second kappa shape index (κ2) is 6.62. The van der Waals surface area contributed by atoms with Gasteiger partial charge < -0.3 is 9.64 Å². The Morgan fingerprint density at radius 3 is 2.35 bits per heavy atom. The summed E-state index contributed by atoms with van der Waals surface area (Å²) in [5.74, 6) is -0.804. The zero-order valence-corrected chi connectivity index (χ0v) is 11.1. The molecule has 0 N–H and O–H groups in total. The molecular weight excluding hydrogens is 218 g/mol. The van der Waals surface area contributed by atoms with Gasteiger partial charge in [-0.3, -0.25) is 4.79 Å². The number of carbonyl (C=O) groups excluding carboxylic acids is 2. The molecule has 1 aliphatic rings. The molecule has 0 spiro atoms. The summed E-state index contributed by atoms with van der Waals surface area (Å²) in [6.07, 6.45) is 4.32. The average Bonchev–Trinajstić information content (AvgIpc) is 2.78. The molecule has 0 radical (unpaired) electrons. The lowest BCUT2D eigenvalue weighted by molar-refractivity contribution is -0.161. The van der Waals surface area contributed by atoms with Gasteiger partial charge in [0.2, 0.25) is 0 Å². The highest BCUT2D eigenvalue weighted by Gasteiger charge is 2.31. The summed E-state index contributed by atoms with van der Waals surface area (Å²) in [6, 6.07) is 0.231. The second-order valence-electron chi connectivity index (χ2n) is 5.01. The van der Waals surface area contributed by atoms with E-state index in [4.69, 9.17) is 4.74 Å². The molecule has 0 aromatic carbocycles. The molecule has 1 rings (SSSR count). The fourth-order valence-electron chi connectivity index (χ4n) is 2.32. The molecule has 0 saturated heterocycles. The van der Waals surface area contributed by atoms with Crippen LogP contribution in [0.1, 0.15) is 46.5 Å². The van der Waals surface area contributed by atoms with Crippen molar-refractivity contribution in [2.75, 3.05) is 13.2 Å². The Hall–Kier alpha value is -1.06. The predicted octanol–water partition coefficient (Wildman–Crippen LogP) is 1.98. The van der Waals surface area contributed by atoms with Crippen LogP contribution in [0.25, 0.3) is 0 Å². The molecule has 0 aromatic rings. The lowest BCUT2D eigenvalue weighted by Crippen LogP contribution is -2.45. The number of esters is 1. The third-order valence-corrected chi connectivity index (χ3v) is 3.04. The van der Waals surface area contributed by atoms with E-state index in [-0.39, 0.29) is 12.6 Å². The van der Waals surface area contributed by atoms with Crippen molar-refractivity contribution in [1.29, 1.82) is 0 Å². The minimum Gasteiger partial charge on any atom is -0.459 e. The SMILES string of the molecule is CCOC(=O)C(=O)N(CC(C)C)C1CCCC1. The quantitative estimate of drug-likeness (QED) is 0.558. The predicted molar refractivity (Wildman–Crippen MR) is 65.4 cm³/mol. The summed E-state index contributed by atoms with van der Waals surface area (Å²) in [7, 11) is 0. The highest BCUT2D eigenvalue weighted by molar-refractivity contribution is 6.32. The fraction of sp³-hybridized carbons (Fsp3) is 0.846. The monoisotopic (exact) mass is 241 g/mol. The maximum absolute atomic E-state index is 12.0. The highest BCUT2D eigenvalue weighted by atomic mass is 16.5. The van der Waals surface area contributed by atoms with Crippen LogP contribution in [-0.2, 0) is 14.3 Å². The molecule has 4 heteroatoms. The summed E-state index contributed by atoms with van der Waals surface area (Å²) in [5.41, 5.74) is 0. The largest absolute Gasteiger partial charge is 0.459 e. The molecular formula is C13H23NO3. The molecule has 0 unspecified atom stereocenters. The molecule has 98 valence electrons. The number of amides is 1. The van der Waals surface area contributed by atoms with Gasteiger partial charge in [0.1, 0.15) is 0 Å². The first-order chi connectivity index (χ1) is 8.06. The Balaban J connectivity index is 2.67. The summed E-state index contributed by atoms with van der Waals surface area (Å²) < 4.78 is 4.80. The van der Waals surface area contributed by atoms with E-state index in [2.05, 4.69) is 13.8 Å². The van der Waals surface area contributed by atoms with E-state index < -0.39 is 11.9 Å². The first-order valence-corrected chi connectivity index (χ1v) is 6.54. The molecule has 0 aliphatic heterocycles. The standard InChI is InChI=1S/C13H23NO3/c1-4-17-13(16)12(15)14(9-10(2)3)11-7-5-6-8-11/h10-11H,4-9H2,1-3H3. The number of ether oxygens (including phenoxy) is 1. The Bertz CT molecular complexity index is 270. The van der Waals surface area contributed by atoms with Gasteiger partial charge in [0.15, 0.2) is 0 Å². The number of hydrogen-bond acceptors (Lipinski definition) is 3. The van der Waals surface area contributed by atoms with Gasteiger partial charge in [-0.2, -0.15) is 0 Å². The fourth-order valence-corrected chi connectivity index (χ4v) is 2.32. The van der Waals surface area contributed by atoms with E-state index >= 15 is 0 Å². The summed E-state index contributed by atoms with van der Waals surface area (Å²) in [6.45, 7) is 6.72. The average molecular weight is 241 g/mol. The Morgan fingerprint density at radius 2 is 1.88 bits per heavy atom. The summed E-state index contributed by atoms with van der Waals surface area (Å²) in [5, 5.41) is 0. The van der Waals surface area contributed by atoms with E-state index in [1.165, 1.54) is 0 Å². The van der Waals surface area contributed by atoms with Gasteiger partial charge in [-0.15, -0.1) is 0 Å². The van der Waals surface area contributed by atoms with Crippen molar-refractivity contribution in [1.82, 2.24) is 4.90 Å². The summed E-state index contributed by atoms with van der Waals surface area (Å²) >= 11 is 0. The maximum atomic E-state index is 12.0. The minimum atomic E-state index is -0.708. The molecule has 4 nitrogen and oxygen atoms in total. The van der Waals surface area contributed by atoms with Gasteiger partial charge in [0.05, 0.1) is 6.61 Å². The normalized spacial score (nSPS) is 16.2. The van der Waals surface area contributed by atoms with Crippen LogP contribution in [-0.4, -0.2) is 36.0 Å². The van der Waals surface area contributed by atoms with Gasteiger partial charge in [0.25, 0.3) is 0 Å². The van der Waals surface area contributed by atoms with Crippen LogP contribution in [0.2, 0.25) is 0 Å². The minimum absolute atomic E-state index is 0.231. The van der Waals surface area contributed by atoms with Gasteiger partial charge in [-0.1, -0.05) is 26.7 Å². The van der Waals surface area contributed by atoms with Crippen LogP contribution in [0.3, 0.4) is 0 Å². The highest BCUT2D eigenvalue weighted by Crippen LogP contribution is 2.24. The molecule has 0 atom stereocenters. The van der Waals surface area contributed by atoms with Crippen LogP contribution in [0, 0.1) is 5.92 Å². The van der Waals surface area contributed by atoms with Crippen molar-refractivity contribution in [3.8, 4) is 0 Å². The van der Waals surface area contributed by atoms with Crippen molar-refractivity contribution in [2.45, 2.75) is 52.5 Å². The van der Waals surface area contributed by atoms with Gasteiger partial charge >= 0.3 is 11.9 Å². The van der Waals surface area contributed by atoms with Gasteiger partial charge in [-0.25, -0.2) is 4.79 Å². The number of hydrogen-bond donors (Lipinski definition) is 0. The Labute approximate surface area is 103 Å². The van der Waals surface area contributed by atoms with Crippen molar-refractivity contribution >= 4 is 11.9 Å².